The van der Waals surface area contributed by atoms with Crippen molar-refractivity contribution in [3.63, 3.8) is 0 Å². The molecule has 0 aliphatic heterocycles. The van der Waals surface area contributed by atoms with Gasteiger partial charge in [-0.1, -0.05) is 54.6 Å². The van der Waals surface area contributed by atoms with Gasteiger partial charge in [-0.2, -0.15) is 0 Å². The van der Waals surface area contributed by atoms with E-state index in [2.05, 4.69) is 76.8 Å². The molecule has 4 aromatic rings. The predicted octanol–water partition coefficient (Wildman–Crippen LogP) is 5.28. The van der Waals surface area contributed by atoms with Gasteiger partial charge in [0.15, 0.2) is 11.0 Å². The Kier molecular flexibility index (Phi) is 6.68. The third-order valence-corrected chi connectivity index (χ3v) is 7.90. The number of nitrogens with zero attached hydrogens (tertiary/aromatic N) is 4. The molecule has 2 aromatic carbocycles. The second kappa shape index (κ2) is 10.0. The molecule has 0 saturated heterocycles. The molecule has 2 heterocycles. The number of pyridine rings is 1. The molecule has 0 spiro atoms. The second-order valence-corrected chi connectivity index (χ2v) is 10.2. The summed E-state index contributed by atoms with van der Waals surface area (Å²) < 4.78 is 2.02. The zero-order valence-electron chi connectivity index (χ0n) is 20.1. The molecule has 35 heavy (non-hydrogen) atoms. The maximum Gasteiger partial charge on any atom is 0.230 e. The van der Waals surface area contributed by atoms with Crippen LogP contribution in [0.4, 0.5) is 0 Å². The standard InChI is InChI=1S/C28H29N5OS/c1-20-9-10-24(17-21(20)2)33-26(22-11-15-29-16-12-22)31-32-27(33)35-18-25(34)30-19-28(13-6-14-28)23-7-4-3-5-8-23/h3-5,7-12,15-17H,6,13-14,18-19H2,1-2H3,(H,30,34). The third kappa shape index (κ3) is 4.86. The number of aromatic nitrogens is 4. The number of thioether (sulfide) groups is 1. The fourth-order valence-corrected chi connectivity index (χ4v) is 5.34. The molecule has 1 amide bonds. The Bertz CT molecular complexity index is 1320. The molecule has 0 radical (unpaired) electrons. The fourth-order valence-electron chi connectivity index (χ4n) is 4.56. The first-order valence-electron chi connectivity index (χ1n) is 11.9. The molecule has 6 nitrogen and oxygen atoms in total. The van der Waals surface area contributed by atoms with Crippen LogP contribution in [-0.4, -0.2) is 38.0 Å². The molecule has 1 aliphatic rings. The number of benzene rings is 2. The Balaban J connectivity index is 1.33. The van der Waals surface area contributed by atoms with Crippen molar-refractivity contribution in [1.82, 2.24) is 25.1 Å². The molecule has 178 valence electrons. The van der Waals surface area contributed by atoms with Gasteiger partial charge in [0.1, 0.15) is 0 Å². The van der Waals surface area contributed by atoms with Crippen molar-refractivity contribution in [3.05, 3.63) is 89.7 Å². The van der Waals surface area contributed by atoms with Crippen LogP contribution in [0.15, 0.2) is 78.2 Å². The van der Waals surface area contributed by atoms with Crippen molar-refractivity contribution in [2.75, 3.05) is 12.3 Å². The van der Waals surface area contributed by atoms with Crippen LogP contribution in [0, 0.1) is 13.8 Å². The largest absolute Gasteiger partial charge is 0.354 e. The molecule has 1 aliphatic carbocycles. The van der Waals surface area contributed by atoms with E-state index >= 15 is 0 Å². The molecule has 1 fully saturated rings. The van der Waals surface area contributed by atoms with Gasteiger partial charge in [-0.05, 0) is 67.6 Å². The molecule has 1 N–H and O–H groups in total. The van der Waals surface area contributed by atoms with Gasteiger partial charge in [0.25, 0.3) is 0 Å². The Labute approximate surface area is 210 Å². The molecule has 7 heteroatoms. The van der Waals surface area contributed by atoms with E-state index in [0.717, 1.165) is 29.9 Å². The number of hydrogen-bond donors (Lipinski definition) is 1. The topological polar surface area (TPSA) is 72.7 Å². The maximum atomic E-state index is 12.9. The summed E-state index contributed by atoms with van der Waals surface area (Å²) in [5.41, 5.74) is 5.70. The predicted molar refractivity (Wildman–Crippen MR) is 140 cm³/mol. The second-order valence-electron chi connectivity index (χ2n) is 9.21. The molecular formula is C28H29N5OS. The van der Waals surface area contributed by atoms with Crippen molar-refractivity contribution < 1.29 is 4.79 Å². The van der Waals surface area contributed by atoms with Crippen LogP contribution in [0.2, 0.25) is 0 Å². The zero-order valence-corrected chi connectivity index (χ0v) is 20.9. The maximum absolute atomic E-state index is 12.9. The third-order valence-electron chi connectivity index (χ3n) is 6.97. The molecule has 5 rings (SSSR count). The van der Waals surface area contributed by atoms with E-state index in [1.54, 1.807) is 12.4 Å². The highest BCUT2D eigenvalue weighted by Gasteiger charge is 2.38. The summed E-state index contributed by atoms with van der Waals surface area (Å²) in [6.07, 6.45) is 6.92. The number of hydrogen-bond acceptors (Lipinski definition) is 5. The summed E-state index contributed by atoms with van der Waals surface area (Å²) in [5, 5.41) is 12.8. The van der Waals surface area contributed by atoms with Crippen LogP contribution in [-0.2, 0) is 10.2 Å². The Morgan fingerprint density at radius 1 is 1.00 bits per heavy atom. The van der Waals surface area contributed by atoms with Crippen LogP contribution in [0.5, 0.6) is 0 Å². The first kappa shape index (κ1) is 23.3. The van der Waals surface area contributed by atoms with Gasteiger partial charge in [-0.25, -0.2) is 0 Å². The van der Waals surface area contributed by atoms with Gasteiger partial charge in [0, 0.05) is 29.9 Å². The van der Waals surface area contributed by atoms with Gasteiger partial charge in [-0.15, -0.1) is 10.2 Å². The number of amides is 1. The van der Waals surface area contributed by atoms with Gasteiger partial charge in [0.2, 0.25) is 5.91 Å². The number of carbonyl (C=O) groups excluding carboxylic acids is 1. The minimum absolute atomic E-state index is 0.0114. The highest BCUT2D eigenvalue weighted by Crippen LogP contribution is 2.43. The average Bonchev–Trinajstić information content (AvgIpc) is 3.29. The lowest BCUT2D eigenvalue weighted by molar-refractivity contribution is -0.119. The number of aryl methyl sites for hydroxylation is 2. The molecule has 0 bridgehead atoms. The summed E-state index contributed by atoms with van der Waals surface area (Å²) in [7, 11) is 0. The number of nitrogens with one attached hydrogen (secondary N) is 1. The van der Waals surface area contributed by atoms with Gasteiger partial charge < -0.3 is 5.32 Å². The van der Waals surface area contributed by atoms with Crippen molar-refractivity contribution in [2.24, 2.45) is 0 Å². The highest BCUT2D eigenvalue weighted by molar-refractivity contribution is 7.99. The minimum Gasteiger partial charge on any atom is -0.354 e. The quantitative estimate of drug-likeness (QED) is 0.345. The smallest absolute Gasteiger partial charge is 0.230 e. The van der Waals surface area contributed by atoms with Crippen molar-refractivity contribution >= 4 is 17.7 Å². The summed E-state index contributed by atoms with van der Waals surface area (Å²) in [6, 6.07) is 20.7. The molecule has 2 aromatic heterocycles. The summed E-state index contributed by atoms with van der Waals surface area (Å²) >= 11 is 1.41. The van der Waals surface area contributed by atoms with Crippen molar-refractivity contribution in [3.8, 4) is 17.1 Å². The van der Waals surface area contributed by atoms with Crippen LogP contribution in [0.25, 0.3) is 17.1 Å². The Morgan fingerprint density at radius 3 is 2.46 bits per heavy atom. The normalized spacial score (nSPS) is 14.3. The number of rotatable bonds is 8. The Hall–Kier alpha value is -3.45. The van der Waals surface area contributed by atoms with E-state index in [1.165, 1.54) is 34.9 Å². The Morgan fingerprint density at radius 2 is 1.77 bits per heavy atom. The van der Waals surface area contributed by atoms with E-state index in [1.807, 2.05) is 22.8 Å². The van der Waals surface area contributed by atoms with Crippen LogP contribution >= 0.6 is 11.8 Å². The van der Waals surface area contributed by atoms with Crippen LogP contribution in [0.1, 0.15) is 36.0 Å². The lowest BCUT2D eigenvalue weighted by Crippen LogP contribution is -2.46. The van der Waals surface area contributed by atoms with Crippen molar-refractivity contribution in [1.29, 1.82) is 0 Å². The lowest BCUT2D eigenvalue weighted by Gasteiger charge is -2.42. The SMILES string of the molecule is Cc1ccc(-n2c(SCC(=O)NCC3(c4ccccc4)CCC3)nnc2-c2ccncc2)cc1C. The van der Waals surface area contributed by atoms with E-state index in [-0.39, 0.29) is 17.1 Å². The zero-order chi connectivity index (χ0) is 24.3. The fraction of sp³-hybridized carbons (Fsp3) is 0.286. The average molecular weight is 484 g/mol. The minimum atomic E-state index is 0.0114. The van der Waals surface area contributed by atoms with Crippen molar-refractivity contribution in [2.45, 2.75) is 43.7 Å². The van der Waals surface area contributed by atoms with Gasteiger partial charge >= 0.3 is 0 Å². The summed E-state index contributed by atoms with van der Waals surface area (Å²) in [4.78, 5) is 17.0. The van der Waals surface area contributed by atoms with E-state index < -0.39 is 0 Å². The highest BCUT2D eigenvalue weighted by atomic mass is 32.2. The van der Waals surface area contributed by atoms with E-state index in [4.69, 9.17) is 0 Å². The van der Waals surface area contributed by atoms with E-state index in [0.29, 0.717) is 11.7 Å². The summed E-state index contributed by atoms with van der Waals surface area (Å²) in [6.45, 7) is 4.86. The number of carbonyl (C=O) groups is 1. The van der Waals surface area contributed by atoms with Crippen LogP contribution in [0.3, 0.4) is 0 Å². The molecular weight excluding hydrogens is 454 g/mol. The van der Waals surface area contributed by atoms with Gasteiger partial charge in [0.05, 0.1) is 11.4 Å². The lowest BCUT2D eigenvalue weighted by atomic mass is 9.64. The molecule has 0 unspecified atom stereocenters. The first-order chi connectivity index (χ1) is 17.1. The first-order valence-corrected chi connectivity index (χ1v) is 12.9. The van der Waals surface area contributed by atoms with Crippen LogP contribution < -0.4 is 5.32 Å². The van der Waals surface area contributed by atoms with Gasteiger partial charge in [-0.3, -0.25) is 14.3 Å². The molecule has 0 atom stereocenters. The monoisotopic (exact) mass is 483 g/mol. The molecule has 1 saturated carbocycles. The summed E-state index contributed by atoms with van der Waals surface area (Å²) in [5.74, 6) is 1.03. The van der Waals surface area contributed by atoms with E-state index in [9.17, 15) is 4.79 Å².